The summed E-state index contributed by atoms with van der Waals surface area (Å²) in [6, 6.07) is 10.8. The minimum absolute atomic E-state index is 0.283. The summed E-state index contributed by atoms with van der Waals surface area (Å²) in [4.78, 5) is 29.3. The number of nitrogens with zero attached hydrogens (tertiary/aromatic N) is 3. The van der Waals surface area contributed by atoms with Crippen LogP contribution in [0.15, 0.2) is 55.0 Å². The lowest BCUT2D eigenvalue weighted by Crippen LogP contribution is -2.11. The number of hydrogen-bond donors (Lipinski definition) is 4. The maximum Gasteiger partial charge on any atom is 0.267 e. The minimum Gasteiger partial charge on any atom is -0.497 e. The molecule has 10 nitrogen and oxygen atoms in total. The predicted octanol–water partition coefficient (Wildman–Crippen LogP) is 4.32. The van der Waals surface area contributed by atoms with Crippen molar-refractivity contribution in [3.8, 4) is 11.5 Å². The van der Waals surface area contributed by atoms with Gasteiger partial charge >= 0.3 is 0 Å². The Morgan fingerprint density at radius 2 is 2.00 bits per heavy atom. The van der Waals surface area contributed by atoms with Crippen molar-refractivity contribution in [2.24, 2.45) is 0 Å². The molecule has 0 atom stereocenters. The van der Waals surface area contributed by atoms with Gasteiger partial charge in [0.15, 0.2) is 5.13 Å². The molecule has 0 radical (unpaired) electrons. The molecule has 0 saturated carbocycles. The van der Waals surface area contributed by atoms with Gasteiger partial charge in [-0.2, -0.15) is 0 Å². The first-order chi connectivity index (χ1) is 16.6. The molecule has 176 valence electrons. The van der Waals surface area contributed by atoms with Crippen LogP contribution < -0.4 is 25.4 Å². The van der Waals surface area contributed by atoms with E-state index in [-0.39, 0.29) is 5.91 Å². The van der Waals surface area contributed by atoms with Crippen LogP contribution in [0, 0.1) is 0 Å². The zero-order valence-electron chi connectivity index (χ0n) is 18.8. The van der Waals surface area contributed by atoms with Crippen molar-refractivity contribution in [2.75, 3.05) is 36.7 Å². The number of hydrogen-bond acceptors (Lipinski definition) is 9. The fraction of sp³-hybridized carbons (Fsp3) is 0.217. The smallest absolute Gasteiger partial charge is 0.267 e. The number of pyridine rings is 1. The minimum atomic E-state index is -0.283. The SMILES string of the molecule is COc1ccc(NC(=O)c2cnc(Nc3cccc(NCCCc4ncc[nH]4)n3)s2)c(OC)c1. The van der Waals surface area contributed by atoms with Crippen LogP contribution in [-0.4, -0.2) is 46.6 Å². The Morgan fingerprint density at radius 3 is 2.79 bits per heavy atom. The average molecular weight is 480 g/mol. The Labute approximate surface area is 200 Å². The fourth-order valence-corrected chi connectivity index (χ4v) is 3.86. The zero-order chi connectivity index (χ0) is 23.8. The first-order valence-electron chi connectivity index (χ1n) is 10.6. The van der Waals surface area contributed by atoms with Crippen LogP contribution in [0.4, 0.5) is 22.5 Å². The van der Waals surface area contributed by atoms with Crippen molar-refractivity contribution in [1.29, 1.82) is 0 Å². The van der Waals surface area contributed by atoms with E-state index in [1.807, 2.05) is 24.4 Å². The molecule has 1 amide bonds. The molecule has 0 aliphatic heterocycles. The van der Waals surface area contributed by atoms with E-state index in [1.54, 1.807) is 31.5 Å². The summed E-state index contributed by atoms with van der Waals surface area (Å²) in [5.41, 5.74) is 0.545. The number of imidazole rings is 1. The topological polar surface area (TPSA) is 126 Å². The summed E-state index contributed by atoms with van der Waals surface area (Å²) in [5.74, 6) is 3.22. The third-order valence-corrected chi connectivity index (χ3v) is 5.73. The summed E-state index contributed by atoms with van der Waals surface area (Å²) >= 11 is 1.23. The molecule has 0 bridgehead atoms. The van der Waals surface area contributed by atoms with Gasteiger partial charge in [-0.15, -0.1) is 0 Å². The van der Waals surface area contributed by atoms with E-state index in [0.717, 1.165) is 31.0 Å². The molecule has 0 saturated heterocycles. The lowest BCUT2D eigenvalue weighted by atomic mass is 10.2. The molecule has 34 heavy (non-hydrogen) atoms. The highest BCUT2D eigenvalue weighted by Gasteiger charge is 2.14. The van der Waals surface area contributed by atoms with Gasteiger partial charge in [0, 0.05) is 31.4 Å². The van der Waals surface area contributed by atoms with Gasteiger partial charge in [-0.05, 0) is 30.7 Å². The number of ether oxygens (including phenoxy) is 2. The van der Waals surface area contributed by atoms with Crippen molar-refractivity contribution in [2.45, 2.75) is 12.8 Å². The van der Waals surface area contributed by atoms with E-state index < -0.39 is 0 Å². The number of nitrogens with one attached hydrogen (secondary N) is 4. The van der Waals surface area contributed by atoms with Crippen LogP contribution in [0.1, 0.15) is 21.9 Å². The van der Waals surface area contributed by atoms with Crippen LogP contribution in [0.5, 0.6) is 11.5 Å². The van der Waals surface area contributed by atoms with Crippen LogP contribution in [0.25, 0.3) is 0 Å². The van der Waals surface area contributed by atoms with E-state index in [0.29, 0.717) is 33.0 Å². The van der Waals surface area contributed by atoms with Gasteiger partial charge in [0.2, 0.25) is 0 Å². The monoisotopic (exact) mass is 479 g/mol. The highest BCUT2D eigenvalue weighted by molar-refractivity contribution is 7.17. The molecule has 0 fully saturated rings. The van der Waals surface area contributed by atoms with E-state index >= 15 is 0 Å². The number of rotatable bonds is 11. The Morgan fingerprint density at radius 1 is 1.12 bits per heavy atom. The second kappa shape index (κ2) is 11.1. The van der Waals surface area contributed by atoms with Gasteiger partial charge in [0.1, 0.15) is 33.8 Å². The fourth-order valence-electron chi connectivity index (χ4n) is 3.14. The van der Waals surface area contributed by atoms with Gasteiger partial charge < -0.3 is 30.4 Å². The molecule has 3 aromatic heterocycles. The summed E-state index contributed by atoms with van der Waals surface area (Å²) in [5, 5.41) is 9.87. The number of anilines is 4. The van der Waals surface area contributed by atoms with Gasteiger partial charge in [-0.1, -0.05) is 17.4 Å². The Bertz CT molecular complexity index is 1230. The van der Waals surface area contributed by atoms with Crippen molar-refractivity contribution >= 4 is 39.7 Å². The van der Waals surface area contributed by atoms with Crippen LogP contribution >= 0.6 is 11.3 Å². The zero-order valence-corrected chi connectivity index (χ0v) is 19.6. The summed E-state index contributed by atoms with van der Waals surface area (Å²) in [6.45, 7) is 0.771. The normalized spacial score (nSPS) is 10.5. The number of aryl methyl sites for hydroxylation is 1. The average Bonchev–Trinajstić information content (AvgIpc) is 3.55. The summed E-state index contributed by atoms with van der Waals surface area (Å²) in [7, 11) is 3.11. The highest BCUT2D eigenvalue weighted by atomic mass is 32.1. The summed E-state index contributed by atoms with van der Waals surface area (Å²) < 4.78 is 10.5. The number of aromatic amines is 1. The Balaban J connectivity index is 1.32. The number of aromatic nitrogens is 4. The number of benzene rings is 1. The maximum absolute atomic E-state index is 12.7. The van der Waals surface area contributed by atoms with Crippen LogP contribution in [0.3, 0.4) is 0 Å². The maximum atomic E-state index is 12.7. The molecule has 0 aliphatic carbocycles. The number of carbonyl (C=O) groups excluding carboxylic acids is 1. The van der Waals surface area contributed by atoms with Gasteiger partial charge in [-0.3, -0.25) is 4.79 Å². The van der Waals surface area contributed by atoms with Crippen molar-refractivity contribution < 1.29 is 14.3 Å². The molecule has 4 rings (SSSR count). The molecular weight excluding hydrogens is 454 g/mol. The van der Waals surface area contributed by atoms with Crippen molar-refractivity contribution in [1.82, 2.24) is 19.9 Å². The largest absolute Gasteiger partial charge is 0.497 e. The summed E-state index contributed by atoms with van der Waals surface area (Å²) in [6.07, 6.45) is 6.89. The van der Waals surface area contributed by atoms with E-state index in [9.17, 15) is 4.79 Å². The van der Waals surface area contributed by atoms with Crippen LogP contribution in [0.2, 0.25) is 0 Å². The van der Waals surface area contributed by atoms with E-state index in [1.165, 1.54) is 24.6 Å². The Hall–Kier alpha value is -4.12. The highest BCUT2D eigenvalue weighted by Crippen LogP contribution is 2.30. The molecule has 11 heteroatoms. The molecule has 0 unspecified atom stereocenters. The van der Waals surface area contributed by atoms with Gasteiger partial charge in [0.25, 0.3) is 5.91 Å². The third-order valence-electron chi connectivity index (χ3n) is 4.82. The standard InChI is InChI=1S/C23H25N7O3S/c1-32-15-8-9-16(17(13-15)33-2)28-22(31)18-14-27-23(34-18)30-21-6-3-5-20(29-21)24-10-4-7-19-25-11-12-26-19/h3,5-6,8-9,11-14H,4,7,10H2,1-2H3,(H,25,26)(H,28,31)(H2,24,27,29,30). The number of methoxy groups -OCH3 is 2. The molecule has 0 spiro atoms. The quantitative estimate of drug-likeness (QED) is 0.234. The second-order valence-corrected chi connectivity index (χ2v) is 8.18. The molecule has 1 aromatic carbocycles. The van der Waals surface area contributed by atoms with Crippen molar-refractivity contribution in [3.05, 3.63) is 65.7 Å². The molecule has 0 aliphatic rings. The molecular formula is C23H25N7O3S. The first kappa shape index (κ1) is 23.1. The predicted molar refractivity (Wildman–Crippen MR) is 133 cm³/mol. The van der Waals surface area contributed by atoms with Crippen molar-refractivity contribution in [3.63, 3.8) is 0 Å². The molecule has 4 N–H and O–H groups in total. The number of H-pyrrole nitrogens is 1. The Kier molecular flexibility index (Phi) is 7.56. The van der Waals surface area contributed by atoms with Crippen LogP contribution in [-0.2, 0) is 6.42 Å². The van der Waals surface area contributed by atoms with E-state index in [2.05, 4.69) is 35.9 Å². The third kappa shape index (κ3) is 6.01. The number of thiazole rings is 1. The molecule has 4 aromatic rings. The molecule has 3 heterocycles. The number of carbonyl (C=O) groups is 1. The van der Waals surface area contributed by atoms with Gasteiger partial charge in [-0.25, -0.2) is 15.0 Å². The number of amides is 1. The van der Waals surface area contributed by atoms with E-state index in [4.69, 9.17) is 9.47 Å². The van der Waals surface area contributed by atoms with Gasteiger partial charge in [0.05, 0.1) is 26.1 Å². The first-order valence-corrected chi connectivity index (χ1v) is 11.4. The lowest BCUT2D eigenvalue weighted by Gasteiger charge is -2.10. The lowest BCUT2D eigenvalue weighted by molar-refractivity contribution is 0.103. The second-order valence-electron chi connectivity index (χ2n) is 7.15.